The molecule has 0 aliphatic heterocycles. The van der Waals surface area contributed by atoms with Crippen LogP contribution in [0.4, 0.5) is 10.1 Å². The molecule has 0 aliphatic rings. The molecule has 0 fully saturated rings. The lowest BCUT2D eigenvalue weighted by Crippen LogP contribution is -2.10. The van der Waals surface area contributed by atoms with Crippen molar-refractivity contribution < 1.29 is 22.3 Å². The highest BCUT2D eigenvalue weighted by Gasteiger charge is 2.16. The summed E-state index contributed by atoms with van der Waals surface area (Å²) in [4.78, 5) is 0. The molecule has 3 aromatic rings. The van der Waals surface area contributed by atoms with Crippen LogP contribution in [0.1, 0.15) is 13.9 Å². The van der Waals surface area contributed by atoms with Gasteiger partial charge in [-0.1, -0.05) is 41.9 Å². The van der Waals surface area contributed by atoms with Gasteiger partial charge in [-0.3, -0.25) is 10.4 Å². The van der Waals surface area contributed by atoms with E-state index in [0.29, 0.717) is 10.6 Å². The Morgan fingerprint density at radius 2 is 1.85 bits per heavy atom. The molecule has 0 radical (unpaired) electrons. The standard InChI is InChI=1S/C20H17ClFNO3/c1-26-18-10-7-15(11-13-5-8-17(9-6-13)23(24)25)20(22)19(18)14-3-2-4-16(21)12-14/h2-10,12,24-25H,11H2,1H3/i11D2. The quantitative estimate of drug-likeness (QED) is 0.592. The highest BCUT2D eigenvalue weighted by Crippen LogP contribution is 2.36. The number of ether oxygens (including phenoxy) is 1. The van der Waals surface area contributed by atoms with Gasteiger partial charge in [0.05, 0.1) is 18.4 Å². The van der Waals surface area contributed by atoms with Gasteiger partial charge in [0.2, 0.25) is 0 Å². The fraction of sp³-hybridized carbons (Fsp3) is 0.100. The fourth-order valence-electron chi connectivity index (χ4n) is 2.57. The molecule has 0 unspecified atom stereocenters. The molecular formula is C20H17ClFNO3. The van der Waals surface area contributed by atoms with Crippen LogP contribution in [0.25, 0.3) is 11.1 Å². The molecule has 0 aromatic heterocycles. The maximum atomic E-state index is 15.5. The highest BCUT2D eigenvalue weighted by molar-refractivity contribution is 6.30. The topological polar surface area (TPSA) is 52.9 Å². The first-order valence-electron chi connectivity index (χ1n) is 8.67. The van der Waals surface area contributed by atoms with Crippen LogP contribution < -0.4 is 9.96 Å². The maximum absolute atomic E-state index is 15.5. The third-order valence-corrected chi connectivity index (χ3v) is 4.05. The number of hydrogen-bond acceptors (Lipinski definition) is 4. The second-order valence-electron chi connectivity index (χ2n) is 5.48. The minimum Gasteiger partial charge on any atom is -0.496 e. The molecule has 3 aromatic carbocycles. The lowest BCUT2D eigenvalue weighted by molar-refractivity contribution is 0.0291. The Morgan fingerprint density at radius 3 is 2.46 bits per heavy atom. The van der Waals surface area contributed by atoms with Crippen molar-refractivity contribution in [1.29, 1.82) is 0 Å². The number of benzene rings is 3. The normalized spacial score (nSPS) is 12.3. The summed E-state index contributed by atoms with van der Waals surface area (Å²) in [5.74, 6) is -0.507. The van der Waals surface area contributed by atoms with E-state index in [1.165, 1.54) is 43.5 Å². The zero-order chi connectivity index (χ0) is 20.5. The van der Waals surface area contributed by atoms with Crippen molar-refractivity contribution in [2.24, 2.45) is 0 Å². The summed E-state index contributed by atoms with van der Waals surface area (Å²) < 4.78 is 37.7. The van der Waals surface area contributed by atoms with Crippen LogP contribution in [0.2, 0.25) is 5.02 Å². The van der Waals surface area contributed by atoms with Crippen molar-refractivity contribution in [3.05, 3.63) is 82.6 Å². The van der Waals surface area contributed by atoms with E-state index in [2.05, 4.69) is 0 Å². The van der Waals surface area contributed by atoms with Crippen LogP contribution in [0.3, 0.4) is 0 Å². The van der Waals surface area contributed by atoms with E-state index in [-0.39, 0.29) is 33.4 Å². The molecule has 0 saturated heterocycles. The van der Waals surface area contributed by atoms with Crippen LogP contribution in [0.5, 0.6) is 5.75 Å². The largest absolute Gasteiger partial charge is 0.496 e. The van der Waals surface area contributed by atoms with Crippen molar-refractivity contribution >= 4 is 17.3 Å². The molecule has 0 saturated carbocycles. The van der Waals surface area contributed by atoms with Gasteiger partial charge in [-0.2, -0.15) is 0 Å². The minimum atomic E-state index is -2.18. The predicted octanol–water partition coefficient (Wildman–Crippen LogP) is 5.33. The van der Waals surface area contributed by atoms with Crippen LogP contribution >= 0.6 is 11.6 Å². The van der Waals surface area contributed by atoms with Gasteiger partial charge in [0.25, 0.3) is 0 Å². The summed E-state index contributed by atoms with van der Waals surface area (Å²) in [5.41, 5.74) is 0.598. The van der Waals surface area contributed by atoms with Crippen LogP contribution in [-0.4, -0.2) is 17.5 Å². The third kappa shape index (κ3) is 3.80. The highest BCUT2D eigenvalue weighted by atomic mass is 35.5. The molecule has 4 nitrogen and oxygen atoms in total. The molecule has 26 heavy (non-hydrogen) atoms. The summed E-state index contributed by atoms with van der Waals surface area (Å²) in [5, 5.41) is 18.4. The van der Waals surface area contributed by atoms with Gasteiger partial charge < -0.3 is 4.74 Å². The van der Waals surface area contributed by atoms with E-state index in [1.54, 1.807) is 24.3 Å². The average molecular weight is 376 g/mol. The molecule has 0 atom stereocenters. The zero-order valence-corrected chi connectivity index (χ0v) is 14.5. The number of anilines is 1. The molecule has 0 spiro atoms. The Kier molecular flexibility index (Phi) is 4.66. The summed E-state index contributed by atoms with van der Waals surface area (Å²) >= 11 is 6.03. The SMILES string of the molecule is [2H]C([2H])(c1ccc(N(O)O)cc1)c1ccc(OC)c(-c2cccc(Cl)c2)c1F. The van der Waals surface area contributed by atoms with Gasteiger partial charge in [0.15, 0.2) is 0 Å². The van der Waals surface area contributed by atoms with Gasteiger partial charge in [-0.25, -0.2) is 4.39 Å². The van der Waals surface area contributed by atoms with Crippen molar-refractivity contribution in [2.75, 3.05) is 12.3 Å². The average Bonchev–Trinajstić information content (AvgIpc) is 2.67. The van der Waals surface area contributed by atoms with E-state index in [1.807, 2.05) is 0 Å². The number of rotatable bonds is 5. The molecule has 0 amide bonds. The lowest BCUT2D eigenvalue weighted by Gasteiger charge is -2.14. The minimum absolute atomic E-state index is 0.0503. The first-order chi connectivity index (χ1) is 13.3. The molecule has 134 valence electrons. The lowest BCUT2D eigenvalue weighted by atomic mass is 9.97. The van der Waals surface area contributed by atoms with Crippen molar-refractivity contribution in [2.45, 2.75) is 6.37 Å². The summed E-state index contributed by atoms with van der Waals surface area (Å²) in [7, 11) is 1.41. The van der Waals surface area contributed by atoms with Crippen molar-refractivity contribution in [3.63, 3.8) is 0 Å². The van der Waals surface area contributed by atoms with E-state index in [4.69, 9.17) is 29.5 Å². The molecular weight excluding hydrogens is 357 g/mol. The molecule has 2 N–H and O–H groups in total. The van der Waals surface area contributed by atoms with E-state index >= 15 is 4.39 Å². The second kappa shape index (κ2) is 7.74. The van der Waals surface area contributed by atoms with Gasteiger partial charge in [0.1, 0.15) is 11.6 Å². The number of methoxy groups -OCH3 is 1. The number of hydrogen-bond donors (Lipinski definition) is 2. The first-order valence-corrected chi connectivity index (χ1v) is 8.05. The Hall–Kier alpha value is -2.60. The number of halogens is 2. The summed E-state index contributed by atoms with van der Waals surface area (Å²) in [6.45, 7) is 0. The fourth-order valence-corrected chi connectivity index (χ4v) is 2.76. The molecule has 3 rings (SSSR count). The van der Waals surface area contributed by atoms with E-state index < -0.39 is 12.2 Å². The first kappa shape index (κ1) is 15.6. The smallest absolute Gasteiger partial charge is 0.138 e. The Balaban J connectivity index is 2.15. The van der Waals surface area contributed by atoms with E-state index in [9.17, 15) is 0 Å². The van der Waals surface area contributed by atoms with E-state index in [0.717, 1.165) is 0 Å². The van der Waals surface area contributed by atoms with Gasteiger partial charge in [0, 0.05) is 14.1 Å². The van der Waals surface area contributed by atoms with Gasteiger partial charge >= 0.3 is 0 Å². The van der Waals surface area contributed by atoms with Gasteiger partial charge in [-0.15, -0.1) is 5.23 Å². The van der Waals surface area contributed by atoms with Gasteiger partial charge in [-0.05, 0) is 47.0 Å². The van der Waals surface area contributed by atoms with Crippen LogP contribution in [0, 0.1) is 5.82 Å². The monoisotopic (exact) mass is 375 g/mol. The Labute approximate surface area is 158 Å². The van der Waals surface area contributed by atoms with Crippen LogP contribution in [0.15, 0.2) is 60.7 Å². The molecule has 0 bridgehead atoms. The molecule has 0 aliphatic carbocycles. The molecule has 6 heteroatoms. The maximum Gasteiger partial charge on any atom is 0.138 e. The predicted molar refractivity (Wildman–Crippen MR) is 98.7 cm³/mol. The third-order valence-electron chi connectivity index (χ3n) is 3.81. The van der Waals surface area contributed by atoms with Crippen LogP contribution in [-0.2, 0) is 6.37 Å². The Bertz CT molecular complexity index is 997. The van der Waals surface area contributed by atoms with Crippen molar-refractivity contribution in [1.82, 2.24) is 0 Å². The van der Waals surface area contributed by atoms with Crippen molar-refractivity contribution in [3.8, 4) is 16.9 Å². The second-order valence-corrected chi connectivity index (χ2v) is 5.91. The Morgan fingerprint density at radius 1 is 1.12 bits per heavy atom. The summed E-state index contributed by atoms with van der Waals surface area (Å²) in [6, 6.07) is 14.8. The summed E-state index contributed by atoms with van der Waals surface area (Å²) in [6.07, 6.45) is -2.18. The molecule has 0 heterocycles. The zero-order valence-electron chi connectivity index (χ0n) is 15.8. The number of nitrogens with zero attached hydrogens (tertiary/aromatic N) is 1.